The van der Waals surface area contributed by atoms with E-state index in [1.54, 1.807) is 0 Å². The van der Waals surface area contributed by atoms with E-state index in [4.69, 9.17) is 0 Å². The molecule has 0 atom stereocenters. The van der Waals surface area contributed by atoms with E-state index in [2.05, 4.69) is 0 Å². The zero-order valence-electron chi connectivity index (χ0n) is 6.64. The van der Waals surface area contributed by atoms with Crippen molar-refractivity contribution in [3.05, 3.63) is 35.5 Å². The van der Waals surface area contributed by atoms with Gasteiger partial charge in [-0.25, -0.2) is 0 Å². The predicted molar refractivity (Wildman–Crippen MR) is 42.0 cm³/mol. The summed E-state index contributed by atoms with van der Waals surface area (Å²) in [5.74, 6) is 0. The van der Waals surface area contributed by atoms with Gasteiger partial charge in [0.05, 0.1) is 0 Å². The van der Waals surface area contributed by atoms with E-state index in [1.807, 2.05) is 0 Å². The number of allylic oxidation sites excluding steroid dienone is 6. The van der Waals surface area contributed by atoms with Crippen LogP contribution in [0, 0.1) is 0 Å². The molecule has 0 radical (unpaired) electrons. The highest BCUT2D eigenvalue weighted by Gasteiger charge is 2.34. The monoisotopic (exact) mass is 188 g/mol. The summed E-state index contributed by atoms with van der Waals surface area (Å²) < 4.78 is 36.8. The fourth-order valence-corrected chi connectivity index (χ4v) is 1.03. The van der Waals surface area contributed by atoms with Gasteiger partial charge in [-0.2, -0.15) is 13.2 Å². The van der Waals surface area contributed by atoms with Gasteiger partial charge in [-0.15, -0.1) is 0 Å². The van der Waals surface area contributed by atoms with Crippen molar-refractivity contribution in [1.82, 2.24) is 0 Å². The first-order valence-corrected chi connectivity index (χ1v) is 3.64. The van der Waals surface area contributed by atoms with Crippen LogP contribution in [0.4, 0.5) is 13.2 Å². The quantitative estimate of drug-likeness (QED) is 0.578. The zero-order chi connectivity index (χ0) is 9.90. The van der Waals surface area contributed by atoms with Gasteiger partial charge in [0.15, 0.2) is 0 Å². The van der Waals surface area contributed by atoms with Crippen molar-refractivity contribution in [3.63, 3.8) is 0 Å². The Labute approximate surface area is 73.2 Å². The van der Waals surface area contributed by atoms with E-state index in [0.717, 1.165) is 0 Å². The third kappa shape index (κ3) is 2.31. The van der Waals surface area contributed by atoms with Gasteiger partial charge in [-0.3, -0.25) is 4.79 Å². The standard InChI is InChI=1S/C9H7F3O/c10-9(11,12)8-5-3-1-2-4-7(8)6-13/h1-4,6H,5H2. The molecule has 0 aromatic carbocycles. The molecule has 1 aliphatic carbocycles. The van der Waals surface area contributed by atoms with Crippen molar-refractivity contribution in [2.75, 3.05) is 0 Å². The smallest absolute Gasteiger partial charge is 0.298 e. The highest BCUT2D eigenvalue weighted by Crippen LogP contribution is 2.31. The molecule has 4 heteroatoms. The van der Waals surface area contributed by atoms with E-state index in [0.29, 0.717) is 0 Å². The molecule has 0 bridgehead atoms. The lowest BCUT2D eigenvalue weighted by Gasteiger charge is -2.10. The summed E-state index contributed by atoms with van der Waals surface area (Å²) in [7, 11) is 0. The van der Waals surface area contributed by atoms with Crippen LogP contribution in [0.3, 0.4) is 0 Å². The van der Waals surface area contributed by atoms with Crippen LogP contribution in [0.2, 0.25) is 0 Å². The summed E-state index contributed by atoms with van der Waals surface area (Å²) in [5, 5.41) is 0. The Morgan fingerprint density at radius 3 is 2.54 bits per heavy atom. The number of hydrogen-bond acceptors (Lipinski definition) is 1. The maximum atomic E-state index is 12.3. The Balaban J connectivity index is 3.13. The van der Waals surface area contributed by atoms with Crippen LogP contribution in [-0.4, -0.2) is 12.5 Å². The lowest BCUT2D eigenvalue weighted by atomic mass is 10.1. The minimum atomic E-state index is -4.42. The molecule has 0 aromatic heterocycles. The number of halogens is 3. The minimum absolute atomic E-state index is 0.228. The van der Waals surface area contributed by atoms with Gasteiger partial charge in [0.2, 0.25) is 0 Å². The second-order valence-corrected chi connectivity index (χ2v) is 2.54. The highest BCUT2D eigenvalue weighted by molar-refractivity contribution is 5.79. The first kappa shape index (κ1) is 9.77. The molecule has 70 valence electrons. The molecule has 0 saturated carbocycles. The summed E-state index contributed by atoms with van der Waals surface area (Å²) in [6.45, 7) is 0. The molecular formula is C9H7F3O. The van der Waals surface area contributed by atoms with E-state index in [9.17, 15) is 18.0 Å². The summed E-state index contributed by atoms with van der Waals surface area (Å²) in [6, 6.07) is 0. The molecule has 0 unspecified atom stereocenters. The Morgan fingerprint density at radius 1 is 1.31 bits per heavy atom. The van der Waals surface area contributed by atoms with Gasteiger partial charge in [-0.1, -0.05) is 24.3 Å². The second-order valence-electron chi connectivity index (χ2n) is 2.54. The van der Waals surface area contributed by atoms with Crippen LogP contribution >= 0.6 is 0 Å². The number of carbonyl (C=O) groups excluding carboxylic acids is 1. The first-order valence-electron chi connectivity index (χ1n) is 3.64. The average molecular weight is 188 g/mol. The van der Waals surface area contributed by atoms with Crippen LogP contribution in [0.1, 0.15) is 6.42 Å². The van der Waals surface area contributed by atoms with Gasteiger partial charge in [0.1, 0.15) is 6.29 Å². The molecule has 13 heavy (non-hydrogen) atoms. The van der Waals surface area contributed by atoms with Gasteiger partial charge < -0.3 is 0 Å². The maximum Gasteiger partial charge on any atom is 0.413 e. The molecule has 0 N–H and O–H groups in total. The molecule has 1 aliphatic rings. The molecule has 0 saturated heterocycles. The van der Waals surface area contributed by atoms with Crippen LogP contribution < -0.4 is 0 Å². The number of alkyl halides is 3. The average Bonchev–Trinajstić information content (AvgIpc) is 2.26. The summed E-state index contributed by atoms with van der Waals surface area (Å²) in [5.41, 5.74) is -1.08. The molecule has 0 fully saturated rings. The largest absolute Gasteiger partial charge is 0.413 e. The number of hydrogen-bond donors (Lipinski definition) is 0. The van der Waals surface area contributed by atoms with Crippen LogP contribution in [0.15, 0.2) is 35.5 Å². The van der Waals surface area contributed by atoms with Crippen LogP contribution in [-0.2, 0) is 4.79 Å². The Bertz CT molecular complexity index is 294. The van der Waals surface area contributed by atoms with Crippen molar-refractivity contribution < 1.29 is 18.0 Å². The highest BCUT2D eigenvalue weighted by atomic mass is 19.4. The summed E-state index contributed by atoms with van der Waals surface area (Å²) in [4.78, 5) is 10.3. The predicted octanol–water partition coefficient (Wildman–Crippen LogP) is 2.56. The molecule has 0 aliphatic heterocycles. The second kappa shape index (κ2) is 3.60. The van der Waals surface area contributed by atoms with E-state index in [-0.39, 0.29) is 18.3 Å². The van der Waals surface area contributed by atoms with Crippen molar-refractivity contribution >= 4 is 6.29 Å². The van der Waals surface area contributed by atoms with E-state index < -0.39 is 11.7 Å². The van der Waals surface area contributed by atoms with E-state index >= 15 is 0 Å². The van der Waals surface area contributed by atoms with Gasteiger partial charge in [-0.05, 0) is 6.42 Å². The van der Waals surface area contributed by atoms with Gasteiger partial charge >= 0.3 is 6.18 Å². The Kier molecular flexibility index (Phi) is 2.70. The normalized spacial score (nSPS) is 17.5. The van der Waals surface area contributed by atoms with Gasteiger partial charge in [0, 0.05) is 11.1 Å². The number of rotatable bonds is 1. The Morgan fingerprint density at radius 2 is 2.00 bits per heavy atom. The van der Waals surface area contributed by atoms with Crippen molar-refractivity contribution in [2.45, 2.75) is 12.6 Å². The third-order valence-corrected chi connectivity index (χ3v) is 1.66. The molecule has 0 amide bonds. The first-order chi connectivity index (χ1) is 6.05. The third-order valence-electron chi connectivity index (χ3n) is 1.66. The Hall–Kier alpha value is -1.32. The number of aldehydes is 1. The SMILES string of the molecule is O=CC1=C(C(F)(F)F)CC=CC=C1. The van der Waals surface area contributed by atoms with E-state index in [1.165, 1.54) is 24.3 Å². The molecule has 1 rings (SSSR count). The molecule has 1 nitrogen and oxygen atoms in total. The van der Waals surface area contributed by atoms with Crippen LogP contribution in [0.25, 0.3) is 0 Å². The molecular weight excluding hydrogens is 181 g/mol. The van der Waals surface area contributed by atoms with Gasteiger partial charge in [0.25, 0.3) is 0 Å². The summed E-state index contributed by atoms with van der Waals surface area (Å²) in [6.07, 6.45) is 1.01. The fraction of sp³-hybridized carbons (Fsp3) is 0.222. The molecule has 0 spiro atoms. The number of carbonyl (C=O) groups is 1. The lowest BCUT2D eigenvalue weighted by Crippen LogP contribution is -2.13. The minimum Gasteiger partial charge on any atom is -0.298 e. The summed E-state index contributed by atoms with van der Waals surface area (Å²) >= 11 is 0. The molecule has 0 heterocycles. The topological polar surface area (TPSA) is 17.1 Å². The van der Waals surface area contributed by atoms with Crippen molar-refractivity contribution in [2.24, 2.45) is 0 Å². The van der Waals surface area contributed by atoms with Crippen molar-refractivity contribution in [1.29, 1.82) is 0 Å². The zero-order valence-corrected chi connectivity index (χ0v) is 6.64. The maximum absolute atomic E-state index is 12.3. The lowest BCUT2D eigenvalue weighted by molar-refractivity contribution is -0.107. The van der Waals surface area contributed by atoms with Crippen LogP contribution in [0.5, 0.6) is 0 Å². The molecule has 0 aromatic rings. The van der Waals surface area contributed by atoms with Crippen molar-refractivity contribution in [3.8, 4) is 0 Å². The fourth-order valence-electron chi connectivity index (χ4n) is 1.03.